The maximum Gasteiger partial charge on any atom is 0.222 e. The van der Waals surface area contributed by atoms with Crippen LogP contribution in [0.2, 0.25) is 5.28 Å². The first-order valence-electron chi connectivity index (χ1n) is 6.24. The van der Waals surface area contributed by atoms with Crippen LogP contribution in [0.3, 0.4) is 0 Å². The zero-order valence-electron chi connectivity index (χ0n) is 10.4. The highest BCUT2D eigenvalue weighted by molar-refractivity contribution is 6.28. The summed E-state index contributed by atoms with van der Waals surface area (Å²) in [5.41, 5.74) is 3.08. The van der Waals surface area contributed by atoms with Crippen molar-refractivity contribution in [1.82, 2.24) is 9.97 Å². The van der Waals surface area contributed by atoms with Crippen molar-refractivity contribution in [2.75, 3.05) is 31.2 Å². The standard InChI is InChI=1S/C14H14ClN3O/c15-14-16-5-4-13(17-14)11-2-1-3-12(10-11)18-6-8-19-9-7-18/h1-5,10H,6-9H2. The largest absolute Gasteiger partial charge is 0.378 e. The molecule has 0 bridgehead atoms. The van der Waals surface area contributed by atoms with Gasteiger partial charge in [-0.2, -0.15) is 0 Å². The van der Waals surface area contributed by atoms with Crippen molar-refractivity contribution in [3.05, 3.63) is 41.8 Å². The number of nitrogens with zero attached hydrogens (tertiary/aromatic N) is 3. The van der Waals surface area contributed by atoms with Crippen LogP contribution in [0.25, 0.3) is 11.3 Å². The Morgan fingerprint density at radius 3 is 2.79 bits per heavy atom. The summed E-state index contributed by atoms with van der Waals surface area (Å²) in [6.45, 7) is 3.41. The average molecular weight is 276 g/mol. The van der Waals surface area contributed by atoms with E-state index in [0.717, 1.165) is 37.6 Å². The van der Waals surface area contributed by atoms with E-state index >= 15 is 0 Å². The Morgan fingerprint density at radius 1 is 1.16 bits per heavy atom. The second kappa shape index (κ2) is 5.55. The van der Waals surface area contributed by atoms with Crippen LogP contribution in [0.1, 0.15) is 0 Å². The zero-order chi connectivity index (χ0) is 13.1. The van der Waals surface area contributed by atoms with E-state index in [4.69, 9.17) is 16.3 Å². The Balaban J connectivity index is 1.91. The first-order valence-corrected chi connectivity index (χ1v) is 6.62. The Labute approximate surface area is 117 Å². The van der Waals surface area contributed by atoms with Crippen LogP contribution < -0.4 is 4.90 Å². The van der Waals surface area contributed by atoms with Gasteiger partial charge in [0.15, 0.2) is 0 Å². The van der Waals surface area contributed by atoms with E-state index in [-0.39, 0.29) is 5.28 Å². The van der Waals surface area contributed by atoms with Crippen molar-refractivity contribution >= 4 is 17.3 Å². The normalized spacial score (nSPS) is 15.5. The molecule has 3 rings (SSSR count). The van der Waals surface area contributed by atoms with Gasteiger partial charge in [0, 0.05) is 30.5 Å². The van der Waals surface area contributed by atoms with Gasteiger partial charge in [-0.25, -0.2) is 9.97 Å². The highest BCUT2D eigenvalue weighted by atomic mass is 35.5. The molecule has 5 heteroatoms. The van der Waals surface area contributed by atoms with Crippen LogP contribution in [0.15, 0.2) is 36.5 Å². The van der Waals surface area contributed by atoms with Gasteiger partial charge < -0.3 is 9.64 Å². The van der Waals surface area contributed by atoms with E-state index in [2.05, 4.69) is 27.0 Å². The lowest BCUT2D eigenvalue weighted by Gasteiger charge is -2.29. The number of aromatic nitrogens is 2. The minimum Gasteiger partial charge on any atom is -0.378 e. The summed E-state index contributed by atoms with van der Waals surface area (Å²) in [4.78, 5) is 10.5. The Kier molecular flexibility index (Phi) is 3.62. The van der Waals surface area contributed by atoms with E-state index in [1.165, 1.54) is 5.69 Å². The monoisotopic (exact) mass is 275 g/mol. The molecule has 1 aromatic carbocycles. The Bertz CT molecular complexity index is 570. The topological polar surface area (TPSA) is 38.2 Å². The van der Waals surface area contributed by atoms with Gasteiger partial charge in [-0.05, 0) is 29.8 Å². The van der Waals surface area contributed by atoms with Gasteiger partial charge in [-0.1, -0.05) is 12.1 Å². The van der Waals surface area contributed by atoms with Crippen LogP contribution in [0, 0.1) is 0 Å². The number of benzene rings is 1. The number of rotatable bonds is 2. The van der Waals surface area contributed by atoms with Crippen molar-refractivity contribution in [2.24, 2.45) is 0 Å². The molecule has 98 valence electrons. The predicted octanol–water partition coefficient (Wildman–Crippen LogP) is 2.63. The molecule has 0 radical (unpaired) electrons. The third-order valence-corrected chi connectivity index (χ3v) is 3.33. The SMILES string of the molecule is Clc1nccc(-c2cccc(N3CCOCC3)c2)n1. The van der Waals surface area contributed by atoms with E-state index in [9.17, 15) is 0 Å². The van der Waals surface area contributed by atoms with Gasteiger partial charge in [0.05, 0.1) is 18.9 Å². The molecule has 4 nitrogen and oxygen atoms in total. The molecule has 1 aliphatic heterocycles. The number of ether oxygens (including phenoxy) is 1. The molecule has 1 saturated heterocycles. The quantitative estimate of drug-likeness (QED) is 0.790. The molecule has 0 amide bonds. The Morgan fingerprint density at radius 2 is 2.00 bits per heavy atom. The maximum atomic E-state index is 5.83. The Hall–Kier alpha value is -1.65. The molecule has 0 aliphatic carbocycles. The highest BCUT2D eigenvalue weighted by Gasteiger charge is 2.12. The van der Waals surface area contributed by atoms with Crippen LogP contribution in [-0.2, 0) is 4.74 Å². The molecule has 2 heterocycles. The second-order valence-corrected chi connectivity index (χ2v) is 4.70. The maximum absolute atomic E-state index is 5.83. The van der Waals surface area contributed by atoms with E-state index in [1.807, 2.05) is 18.2 Å². The molecule has 0 saturated carbocycles. The number of halogens is 1. The number of anilines is 1. The number of hydrogen-bond acceptors (Lipinski definition) is 4. The van der Waals surface area contributed by atoms with Crippen molar-refractivity contribution < 1.29 is 4.74 Å². The molecule has 1 aromatic heterocycles. The van der Waals surface area contributed by atoms with Gasteiger partial charge in [0.1, 0.15) is 0 Å². The van der Waals surface area contributed by atoms with Gasteiger partial charge in [0.2, 0.25) is 5.28 Å². The minimum absolute atomic E-state index is 0.272. The minimum atomic E-state index is 0.272. The number of morpholine rings is 1. The van der Waals surface area contributed by atoms with Gasteiger partial charge in [0.25, 0.3) is 0 Å². The van der Waals surface area contributed by atoms with Gasteiger partial charge >= 0.3 is 0 Å². The summed E-state index contributed by atoms with van der Waals surface area (Å²) in [5, 5.41) is 0.272. The van der Waals surface area contributed by atoms with Gasteiger partial charge in [-0.3, -0.25) is 0 Å². The molecule has 0 N–H and O–H groups in total. The lowest BCUT2D eigenvalue weighted by molar-refractivity contribution is 0.122. The van der Waals surface area contributed by atoms with E-state index in [0.29, 0.717) is 0 Å². The van der Waals surface area contributed by atoms with Crippen LogP contribution in [0.4, 0.5) is 5.69 Å². The molecule has 2 aromatic rings. The second-order valence-electron chi connectivity index (χ2n) is 4.36. The summed E-state index contributed by atoms with van der Waals surface area (Å²) in [6, 6.07) is 10.2. The molecule has 0 spiro atoms. The lowest BCUT2D eigenvalue weighted by atomic mass is 10.1. The van der Waals surface area contributed by atoms with Crippen molar-refractivity contribution in [3.63, 3.8) is 0 Å². The fourth-order valence-corrected chi connectivity index (χ4v) is 2.33. The summed E-state index contributed by atoms with van der Waals surface area (Å²) < 4.78 is 5.37. The van der Waals surface area contributed by atoms with Crippen molar-refractivity contribution in [2.45, 2.75) is 0 Å². The molecule has 0 unspecified atom stereocenters. The lowest BCUT2D eigenvalue weighted by Crippen LogP contribution is -2.36. The summed E-state index contributed by atoms with van der Waals surface area (Å²) in [5.74, 6) is 0. The van der Waals surface area contributed by atoms with Crippen molar-refractivity contribution in [1.29, 1.82) is 0 Å². The third-order valence-electron chi connectivity index (χ3n) is 3.14. The highest BCUT2D eigenvalue weighted by Crippen LogP contribution is 2.24. The first-order chi connectivity index (χ1) is 9.33. The summed E-state index contributed by atoms with van der Waals surface area (Å²) in [7, 11) is 0. The zero-order valence-corrected chi connectivity index (χ0v) is 11.2. The average Bonchev–Trinajstić information content (AvgIpc) is 2.48. The molecule has 19 heavy (non-hydrogen) atoms. The van der Waals surface area contributed by atoms with Crippen LogP contribution >= 0.6 is 11.6 Å². The predicted molar refractivity (Wildman–Crippen MR) is 75.5 cm³/mol. The summed E-state index contributed by atoms with van der Waals surface area (Å²) >= 11 is 5.83. The molecular weight excluding hydrogens is 262 g/mol. The fourth-order valence-electron chi connectivity index (χ4n) is 2.18. The smallest absolute Gasteiger partial charge is 0.222 e. The molecule has 1 aliphatic rings. The summed E-state index contributed by atoms with van der Waals surface area (Å²) in [6.07, 6.45) is 1.67. The first kappa shape index (κ1) is 12.4. The van der Waals surface area contributed by atoms with E-state index < -0.39 is 0 Å². The molecule has 1 fully saturated rings. The third kappa shape index (κ3) is 2.85. The molecule has 0 atom stereocenters. The van der Waals surface area contributed by atoms with E-state index in [1.54, 1.807) is 6.20 Å². The van der Waals surface area contributed by atoms with Gasteiger partial charge in [-0.15, -0.1) is 0 Å². The fraction of sp³-hybridized carbons (Fsp3) is 0.286. The van der Waals surface area contributed by atoms with Crippen LogP contribution in [0.5, 0.6) is 0 Å². The van der Waals surface area contributed by atoms with Crippen molar-refractivity contribution in [3.8, 4) is 11.3 Å². The number of hydrogen-bond donors (Lipinski definition) is 0. The molecular formula is C14H14ClN3O. The van der Waals surface area contributed by atoms with Crippen LogP contribution in [-0.4, -0.2) is 36.3 Å².